The summed E-state index contributed by atoms with van der Waals surface area (Å²) >= 11 is 0. The van der Waals surface area contributed by atoms with E-state index in [1.807, 2.05) is 26.2 Å². The summed E-state index contributed by atoms with van der Waals surface area (Å²) in [6, 6.07) is 1.82. The molecule has 8 heteroatoms. The SMILES string of the molecule is Cc1nc(N)nc2c1cc(-c1cnn(C)c1)c(=O)n2C1CCC(O)CC1. The van der Waals surface area contributed by atoms with Crippen molar-refractivity contribution in [3.63, 3.8) is 0 Å². The highest BCUT2D eigenvalue weighted by Crippen LogP contribution is 2.31. The Balaban J connectivity index is 2.00. The molecule has 8 nitrogen and oxygen atoms in total. The van der Waals surface area contributed by atoms with Gasteiger partial charge in [0.05, 0.1) is 23.6 Å². The summed E-state index contributed by atoms with van der Waals surface area (Å²) in [6.07, 6.45) is 6.03. The summed E-state index contributed by atoms with van der Waals surface area (Å²) in [5, 5.41) is 14.8. The maximum atomic E-state index is 13.4. The summed E-state index contributed by atoms with van der Waals surface area (Å²) in [4.78, 5) is 22.0. The molecule has 136 valence electrons. The number of hydrogen-bond donors (Lipinski definition) is 2. The monoisotopic (exact) mass is 354 g/mol. The molecule has 3 N–H and O–H groups in total. The van der Waals surface area contributed by atoms with Crippen molar-refractivity contribution >= 4 is 17.0 Å². The van der Waals surface area contributed by atoms with Gasteiger partial charge in [0.15, 0.2) is 0 Å². The van der Waals surface area contributed by atoms with Crippen molar-refractivity contribution in [3.8, 4) is 11.1 Å². The summed E-state index contributed by atoms with van der Waals surface area (Å²) in [5.74, 6) is 0.160. The van der Waals surface area contributed by atoms with E-state index >= 15 is 0 Å². The average molecular weight is 354 g/mol. The molecule has 0 saturated heterocycles. The van der Waals surface area contributed by atoms with E-state index in [1.165, 1.54) is 0 Å². The molecule has 0 radical (unpaired) electrons. The molecule has 26 heavy (non-hydrogen) atoms. The molecule has 0 aliphatic heterocycles. The Hall–Kier alpha value is -2.74. The highest BCUT2D eigenvalue weighted by molar-refractivity contribution is 5.83. The standard InChI is InChI=1S/C18H22N6O2/c1-10-14-7-15(11-8-20-23(2)9-11)17(26)24(16(14)22-18(19)21-10)12-3-5-13(25)6-4-12/h7-9,12-13,25H,3-6H2,1-2H3,(H2,19,21,22). The maximum absolute atomic E-state index is 13.4. The van der Waals surface area contributed by atoms with Gasteiger partial charge >= 0.3 is 0 Å². The number of fused-ring (bicyclic) bond motifs is 1. The lowest BCUT2D eigenvalue weighted by Crippen LogP contribution is -2.31. The van der Waals surface area contributed by atoms with E-state index in [-0.39, 0.29) is 23.7 Å². The van der Waals surface area contributed by atoms with Crippen LogP contribution in [0.4, 0.5) is 5.95 Å². The number of aryl methyl sites for hydroxylation is 2. The van der Waals surface area contributed by atoms with E-state index in [9.17, 15) is 9.90 Å². The number of hydrogen-bond acceptors (Lipinski definition) is 6. The minimum absolute atomic E-state index is 0.0151. The molecule has 1 fully saturated rings. The molecule has 0 spiro atoms. The third-order valence-corrected chi connectivity index (χ3v) is 5.15. The lowest BCUT2D eigenvalue weighted by atomic mass is 9.92. The van der Waals surface area contributed by atoms with Gasteiger partial charge in [-0.05, 0) is 38.7 Å². The van der Waals surface area contributed by atoms with Crippen molar-refractivity contribution in [1.29, 1.82) is 0 Å². The lowest BCUT2D eigenvalue weighted by molar-refractivity contribution is 0.111. The van der Waals surface area contributed by atoms with Crippen LogP contribution in [0.1, 0.15) is 37.4 Å². The van der Waals surface area contributed by atoms with Crippen molar-refractivity contribution in [2.75, 3.05) is 5.73 Å². The summed E-state index contributed by atoms with van der Waals surface area (Å²) in [7, 11) is 1.82. The predicted molar refractivity (Wildman–Crippen MR) is 98.7 cm³/mol. The predicted octanol–water partition coefficient (Wildman–Crippen LogP) is 1.56. The molecule has 3 aromatic heterocycles. The first-order valence-electron chi connectivity index (χ1n) is 8.80. The second-order valence-corrected chi connectivity index (χ2v) is 7.00. The van der Waals surface area contributed by atoms with Crippen molar-refractivity contribution in [1.82, 2.24) is 24.3 Å². The molecule has 1 saturated carbocycles. The van der Waals surface area contributed by atoms with E-state index in [0.29, 0.717) is 24.1 Å². The number of nitrogen functional groups attached to an aromatic ring is 1. The zero-order valence-electron chi connectivity index (χ0n) is 14.9. The van der Waals surface area contributed by atoms with Crippen LogP contribution in [-0.2, 0) is 7.05 Å². The molecular formula is C18H22N6O2. The first-order valence-corrected chi connectivity index (χ1v) is 8.80. The summed E-state index contributed by atoms with van der Waals surface area (Å²) in [5.41, 5.74) is 8.39. The van der Waals surface area contributed by atoms with Crippen molar-refractivity contribution in [2.45, 2.75) is 44.8 Å². The van der Waals surface area contributed by atoms with Gasteiger partial charge in [-0.3, -0.25) is 14.0 Å². The number of aliphatic hydroxyl groups excluding tert-OH is 1. The number of nitrogens with zero attached hydrogens (tertiary/aromatic N) is 5. The number of nitrogens with two attached hydrogens (primary N) is 1. The number of anilines is 1. The first-order chi connectivity index (χ1) is 12.4. The van der Waals surface area contributed by atoms with Gasteiger partial charge in [-0.2, -0.15) is 10.1 Å². The van der Waals surface area contributed by atoms with Crippen LogP contribution in [0.5, 0.6) is 0 Å². The van der Waals surface area contributed by atoms with Crippen LogP contribution in [0.15, 0.2) is 23.3 Å². The third-order valence-electron chi connectivity index (χ3n) is 5.15. The van der Waals surface area contributed by atoms with Crippen LogP contribution in [0.3, 0.4) is 0 Å². The Morgan fingerprint density at radius 3 is 2.62 bits per heavy atom. The van der Waals surface area contributed by atoms with Gasteiger partial charge in [-0.25, -0.2) is 4.98 Å². The van der Waals surface area contributed by atoms with Gasteiger partial charge in [0, 0.05) is 30.2 Å². The van der Waals surface area contributed by atoms with Gasteiger partial charge in [0.2, 0.25) is 5.95 Å². The minimum atomic E-state index is -0.295. The third kappa shape index (κ3) is 2.76. The van der Waals surface area contributed by atoms with E-state index < -0.39 is 0 Å². The smallest absolute Gasteiger partial charge is 0.260 e. The largest absolute Gasteiger partial charge is 0.393 e. The van der Waals surface area contributed by atoms with Crippen molar-refractivity contribution < 1.29 is 5.11 Å². The molecule has 0 atom stereocenters. The minimum Gasteiger partial charge on any atom is -0.393 e. The number of rotatable bonds is 2. The van der Waals surface area contributed by atoms with Gasteiger partial charge in [0.1, 0.15) is 5.65 Å². The maximum Gasteiger partial charge on any atom is 0.260 e. The van der Waals surface area contributed by atoms with Crippen molar-refractivity contribution in [3.05, 3.63) is 34.5 Å². The quantitative estimate of drug-likeness (QED) is 0.722. The Labute approximate surface area is 150 Å². The number of aliphatic hydroxyl groups is 1. The van der Waals surface area contributed by atoms with Gasteiger partial charge in [0.25, 0.3) is 5.56 Å². The first kappa shape index (κ1) is 16.7. The van der Waals surface area contributed by atoms with Crippen LogP contribution in [-0.4, -0.2) is 35.5 Å². The van der Waals surface area contributed by atoms with E-state index in [2.05, 4.69) is 15.1 Å². The van der Waals surface area contributed by atoms with E-state index in [0.717, 1.165) is 29.5 Å². The molecule has 3 aromatic rings. The molecule has 1 aliphatic carbocycles. The Bertz CT molecular complexity index is 1030. The lowest BCUT2D eigenvalue weighted by Gasteiger charge is -2.28. The zero-order valence-corrected chi connectivity index (χ0v) is 14.9. The normalized spacial score (nSPS) is 20.6. The Morgan fingerprint density at radius 2 is 1.96 bits per heavy atom. The van der Waals surface area contributed by atoms with Gasteiger partial charge < -0.3 is 10.8 Å². The second kappa shape index (κ2) is 6.21. The molecule has 0 amide bonds. The number of pyridine rings is 1. The molecule has 1 aliphatic rings. The molecule has 0 unspecified atom stereocenters. The fourth-order valence-electron chi connectivity index (χ4n) is 3.79. The van der Waals surface area contributed by atoms with Crippen LogP contribution >= 0.6 is 0 Å². The van der Waals surface area contributed by atoms with Crippen LogP contribution < -0.4 is 11.3 Å². The fourth-order valence-corrected chi connectivity index (χ4v) is 3.79. The van der Waals surface area contributed by atoms with E-state index in [1.54, 1.807) is 15.4 Å². The van der Waals surface area contributed by atoms with E-state index in [4.69, 9.17) is 5.73 Å². The summed E-state index contributed by atoms with van der Waals surface area (Å²) in [6.45, 7) is 1.87. The zero-order chi connectivity index (χ0) is 18.4. The average Bonchev–Trinajstić information content (AvgIpc) is 3.02. The molecule has 0 aromatic carbocycles. The molecular weight excluding hydrogens is 332 g/mol. The Kier molecular flexibility index (Phi) is 3.99. The topological polar surface area (TPSA) is 112 Å². The van der Waals surface area contributed by atoms with Crippen LogP contribution in [0, 0.1) is 6.92 Å². The van der Waals surface area contributed by atoms with Crippen molar-refractivity contribution in [2.24, 2.45) is 7.05 Å². The molecule has 4 rings (SSSR count). The van der Waals surface area contributed by atoms with Gasteiger partial charge in [-0.1, -0.05) is 0 Å². The molecule has 3 heterocycles. The van der Waals surface area contributed by atoms with Crippen LogP contribution in [0.25, 0.3) is 22.2 Å². The molecule has 0 bridgehead atoms. The van der Waals surface area contributed by atoms with Crippen LogP contribution in [0.2, 0.25) is 0 Å². The summed E-state index contributed by atoms with van der Waals surface area (Å²) < 4.78 is 3.42. The second-order valence-electron chi connectivity index (χ2n) is 7.00. The fraction of sp³-hybridized carbons (Fsp3) is 0.444. The Morgan fingerprint density at radius 1 is 1.23 bits per heavy atom. The number of aromatic nitrogens is 5. The van der Waals surface area contributed by atoms with Gasteiger partial charge in [-0.15, -0.1) is 0 Å². The highest BCUT2D eigenvalue weighted by Gasteiger charge is 2.25. The highest BCUT2D eigenvalue weighted by atomic mass is 16.3.